The van der Waals surface area contributed by atoms with E-state index in [1.54, 1.807) is 17.7 Å². The van der Waals surface area contributed by atoms with E-state index in [1.807, 2.05) is 6.92 Å². The number of hydrogen-bond acceptors (Lipinski definition) is 5. The monoisotopic (exact) mass is 372 g/mol. The molecule has 140 valence electrons. The Morgan fingerprint density at radius 1 is 1.23 bits per heavy atom. The van der Waals surface area contributed by atoms with Crippen molar-refractivity contribution in [2.24, 2.45) is 11.8 Å². The van der Waals surface area contributed by atoms with E-state index in [-0.39, 0.29) is 11.9 Å². The minimum absolute atomic E-state index is 0.199. The molecule has 5 nitrogen and oxygen atoms in total. The third-order valence-electron chi connectivity index (χ3n) is 6.29. The van der Waals surface area contributed by atoms with Crippen LogP contribution in [0.1, 0.15) is 49.5 Å². The number of piperidine rings is 1. The van der Waals surface area contributed by atoms with Crippen LogP contribution in [0.5, 0.6) is 0 Å². The first-order valence-corrected chi connectivity index (χ1v) is 10.6. The number of amides is 1. The molecule has 0 bridgehead atoms. The van der Waals surface area contributed by atoms with Gasteiger partial charge in [0.15, 0.2) is 0 Å². The lowest BCUT2D eigenvalue weighted by Gasteiger charge is -2.42. The maximum absolute atomic E-state index is 13.0. The lowest BCUT2D eigenvalue weighted by molar-refractivity contribution is -0.134. The smallest absolute Gasteiger partial charge is 0.244 e. The molecule has 0 unspecified atom stereocenters. The summed E-state index contributed by atoms with van der Waals surface area (Å²) in [6.07, 6.45) is 8.10. The van der Waals surface area contributed by atoms with Gasteiger partial charge < -0.3 is 10.2 Å². The van der Waals surface area contributed by atoms with Gasteiger partial charge in [0.05, 0.1) is 5.39 Å². The number of aromatic nitrogens is 2. The van der Waals surface area contributed by atoms with Crippen LogP contribution < -0.4 is 5.32 Å². The van der Waals surface area contributed by atoms with Gasteiger partial charge in [-0.25, -0.2) is 9.97 Å². The summed E-state index contributed by atoms with van der Waals surface area (Å²) >= 11 is 1.68. The molecule has 0 aromatic carbocycles. The molecule has 3 heterocycles. The van der Waals surface area contributed by atoms with Gasteiger partial charge in [-0.05, 0) is 51.0 Å². The molecule has 2 aromatic rings. The highest BCUT2D eigenvalue weighted by molar-refractivity contribution is 7.18. The average molecular weight is 373 g/mol. The van der Waals surface area contributed by atoms with Crippen molar-refractivity contribution in [2.45, 2.75) is 58.9 Å². The van der Waals surface area contributed by atoms with E-state index in [0.717, 1.165) is 35.0 Å². The SMILES string of the molecule is Cc1sc2ncnc(N[C@H](C)C(=O)N3CC[C@@H]4CCCC[C@@H]4C3)c2c1C. The topological polar surface area (TPSA) is 58.1 Å². The third kappa shape index (κ3) is 3.20. The van der Waals surface area contributed by atoms with Crippen LogP contribution in [0.25, 0.3) is 10.2 Å². The molecule has 1 N–H and O–H groups in total. The van der Waals surface area contributed by atoms with Gasteiger partial charge in [0.25, 0.3) is 0 Å². The van der Waals surface area contributed by atoms with E-state index >= 15 is 0 Å². The fourth-order valence-corrected chi connectivity index (χ4v) is 5.63. The molecule has 3 atom stereocenters. The highest BCUT2D eigenvalue weighted by atomic mass is 32.1. The molecular formula is C20H28N4OS. The summed E-state index contributed by atoms with van der Waals surface area (Å²) in [7, 11) is 0. The van der Waals surface area contributed by atoms with Gasteiger partial charge in [-0.1, -0.05) is 19.3 Å². The summed E-state index contributed by atoms with van der Waals surface area (Å²) in [4.78, 5) is 26.2. The summed E-state index contributed by atoms with van der Waals surface area (Å²) in [6.45, 7) is 8.00. The van der Waals surface area contributed by atoms with E-state index in [9.17, 15) is 4.79 Å². The second-order valence-corrected chi connectivity index (χ2v) is 9.13. The molecule has 6 heteroatoms. The zero-order valence-electron chi connectivity index (χ0n) is 15.9. The summed E-state index contributed by atoms with van der Waals surface area (Å²) in [6, 6.07) is -0.271. The number of aryl methyl sites for hydroxylation is 2. The maximum atomic E-state index is 13.0. The van der Waals surface area contributed by atoms with E-state index in [4.69, 9.17) is 0 Å². The number of carbonyl (C=O) groups excluding carboxylic acids is 1. The number of thiophene rings is 1. The first-order valence-electron chi connectivity index (χ1n) is 9.80. The quantitative estimate of drug-likeness (QED) is 0.879. The number of carbonyl (C=O) groups is 1. The van der Waals surface area contributed by atoms with Crippen molar-refractivity contribution < 1.29 is 4.79 Å². The number of likely N-dealkylation sites (tertiary alicyclic amines) is 1. The average Bonchev–Trinajstić information content (AvgIpc) is 2.95. The Bertz CT molecular complexity index is 817. The molecule has 2 aromatic heterocycles. The molecule has 0 spiro atoms. The van der Waals surface area contributed by atoms with Crippen LogP contribution in [-0.2, 0) is 4.79 Å². The van der Waals surface area contributed by atoms with Crippen LogP contribution >= 0.6 is 11.3 Å². The second kappa shape index (κ2) is 7.14. The number of rotatable bonds is 3. The number of nitrogens with one attached hydrogen (secondary N) is 1. The first kappa shape index (κ1) is 17.7. The lowest BCUT2D eigenvalue weighted by atomic mass is 9.75. The Morgan fingerprint density at radius 2 is 2.00 bits per heavy atom. The van der Waals surface area contributed by atoms with Gasteiger partial charge in [0.1, 0.15) is 23.0 Å². The molecule has 1 saturated heterocycles. The van der Waals surface area contributed by atoms with Crippen molar-refractivity contribution >= 4 is 33.3 Å². The molecule has 0 radical (unpaired) electrons. The minimum atomic E-state index is -0.271. The van der Waals surface area contributed by atoms with Crippen LogP contribution in [0.3, 0.4) is 0 Å². The predicted molar refractivity (Wildman–Crippen MR) is 107 cm³/mol. The van der Waals surface area contributed by atoms with Gasteiger partial charge in [-0.15, -0.1) is 11.3 Å². The Hall–Kier alpha value is -1.69. The molecule has 2 fully saturated rings. The first-order chi connectivity index (χ1) is 12.5. The summed E-state index contributed by atoms with van der Waals surface area (Å²) in [5.74, 6) is 2.53. The van der Waals surface area contributed by atoms with E-state index in [2.05, 4.69) is 34.0 Å². The Labute approximate surface area is 159 Å². The summed E-state index contributed by atoms with van der Waals surface area (Å²) in [5, 5.41) is 4.43. The molecular weight excluding hydrogens is 344 g/mol. The minimum Gasteiger partial charge on any atom is -0.358 e. The standard InChI is InChI=1S/C20H28N4OS/c1-12-14(3)26-19-17(12)18(21-11-22-19)23-13(2)20(25)24-9-8-15-6-4-5-7-16(15)10-24/h11,13,15-16H,4-10H2,1-3H3,(H,21,22,23)/t13-,15+,16-/m1/s1. The van der Waals surface area contributed by atoms with Crippen LogP contribution in [0.2, 0.25) is 0 Å². The van der Waals surface area contributed by atoms with Crippen molar-refractivity contribution in [3.8, 4) is 0 Å². The van der Waals surface area contributed by atoms with Crippen molar-refractivity contribution in [3.63, 3.8) is 0 Å². The zero-order chi connectivity index (χ0) is 18.3. The molecule has 1 aliphatic carbocycles. The summed E-state index contributed by atoms with van der Waals surface area (Å²) in [5.41, 5.74) is 1.20. The van der Waals surface area contributed by atoms with Crippen LogP contribution in [-0.4, -0.2) is 39.9 Å². The molecule has 1 amide bonds. The zero-order valence-corrected chi connectivity index (χ0v) is 16.7. The Balaban J connectivity index is 1.48. The van der Waals surface area contributed by atoms with Gasteiger partial charge in [0.2, 0.25) is 5.91 Å². The highest BCUT2D eigenvalue weighted by Gasteiger charge is 2.34. The van der Waals surface area contributed by atoms with Crippen LogP contribution in [0.15, 0.2) is 6.33 Å². The third-order valence-corrected chi connectivity index (χ3v) is 7.41. The van der Waals surface area contributed by atoms with Gasteiger partial charge >= 0.3 is 0 Å². The molecule has 1 saturated carbocycles. The maximum Gasteiger partial charge on any atom is 0.244 e. The van der Waals surface area contributed by atoms with Crippen molar-refractivity contribution in [1.82, 2.24) is 14.9 Å². The fourth-order valence-electron chi connectivity index (χ4n) is 4.63. The molecule has 26 heavy (non-hydrogen) atoms. The van der Waals surface area contributed by atoms with E-state index in [1.165, 1.54) is 42.5 Å². The van der Waals surface area contributed by atoms with E-state index < -0.39 is 0 Å². The van der Waals surface area contributed by atoms with Crippen molar-refractivity contribution in [2.75, 3.05) is 18.4 Å². The highest BCUT2D eigenvalue weighted by Crippen LogP contribution is 2.36. The van der Waals surface area contributed by atoms with Gasteiger partial charge in [0, 0.05) is 18.0 Å². The summed E-state index contributed by atoms with van der Waals surface area (Å²) < 4.78 is 0. The number of hydrogen-bond donors (Lipinski definition) is 1. The fraction of sp³-hybridized carbons (Fsp3) is 0.650. The van der Waals surface area contributed by atoms with Crippen LogP contribution in [0, 0.1) is 25.7 Å². The Kier molecular flexibility index (Phi) is 4.86. The lowest BCUT2D eigenvalue weighted by Crippen LogP contribution is -2.49. The van der Waals surface area contributed by atoms with Gasteiger partial charge in [-0.3, -0.25) is 4.79 Å². The molecule has 2 aliphatic rings. The van der Waals surface area contributed by atoms with Crippen LogP contribution in [0.4, 0.5) is 5.82 Å². The molecule has 1 aliphatic heterocycles. The number of fused-ring (bicyclic) bond motifs is 2. The number of anilines is 1. The predicted octanol–water partition coefficient (Wildman–Crippen LogP) is 4.15. The normalized spacial score (nSPS) is 24.3. The second-order valence-electron chi connectivity index (χ2n) is 7.93. The van der Waals surface area contributed by atoms with Gasteiger partial charge in [-0.2, -0.15) is 0 Å². The largest absolute Gasteiger partial charge is 0.358 e. The van der Waals surface area contributed by atoms with Crippen molar-refractivity contribution in [3.05, 3.63) is 16.8 Å². The Morgan fingerprint density at radius 3 is 2.81 bits per heavy atom. The van der Waals surface area contributed by atoms with Crippen molar-refractivity contribution in [1.29, 1.82) is 0 Å². The van der Waals surface area contributed by atoms with E-state index in [0.29, 0.717) is 5.92 Å². The number of nitrogens with zero attached hydrogens (tertiary/aromatic N) is 3. The molecule has 4 rings (SSSR count).